The molecule has 1 saturated heterocycles. The molecule has 2 unspecified atom stereocenters. The highest BCUT2D eigenvalue weighted by Crippen LogP contribution is 2.35. The van der Waals surface area contributed by atoms with E-state index in [1.54, 1.807) is 54.4 Å². The molecular formula is C18H16N3O3+. The highest BCUT2D eigenvalue weighted by Gasteiger charge is 2.47. The van der Waals surface area contributed by atoms with Gasteiger partial charge in [0.15, 0.2) is 12.4 Å². The number of benzene rings is 1. The molecule has 0 radical (unpaired) electrons. The minimum Gasteiger partial charge on any atom is -0.497 e. The third-order valence-corrected chi connectivity index (χ3v) is 4.02. The molecule has 0 spiro atoms. The van der Waals surface area contributed by atoms with Crippen LogP contribution in [0, 0.1) is 5.41 Å². The summed E-state index contributed by atoms with van der Waals surface area (Å²) in [6.45, 7) is 0. The number of carbonyl (C=O) groups excluding carboxylic acids is 2. The number of amides is 2. The number of nitrogens with one attached hydrogen (secondary N) is 2. The zero-order chi connectivity index (χ0) is 17.1. The van der Waals surface area contributed by atoms with Gasteiger partial charge >= 0.3 is 0 Å². The van der Waals surface area contributed by atoms with Gasteiger partial charge in [-0.3, -0.25) is 20.3 Å². The van der Waals surface area contributed by atoms with E-state index in [9.17, 15) is 9.59 Å². The lowest BCUT2D eigenvalue weighted by Crippen LogP contribution is -2.57. The number of ether oxygens (including phenoxy) is 1. The van der Waals surface area contributed by atoms with Crippen LogP contribution in [0.25, 0.3) is 0 Å². The molecule has 1 aliphatic heterocycles. The molecule has 1 aliphatic rings. The van der Waals surface area contributed by atoms with Gasteiger partial charge in [0.25, 0.3) is 11.8 Å². The predicted octanol–water partition coefficient (Wildman–Crippen LogP) is 1.14. The second kappa shape index (κ2) is 6.48. The SMILES string of the molecule is COc1cccc(C2C(=C=N)C(=O)NC(=O)C2[n+]2ccccc2)c1. The Bertz CT molecular complexity index is 842. The summed E-state index contributed by atoms with van der Waals surface area (Å²) in [7, 11) is 1.55. The Labute approximate surface area is 138 Å². The van der Waals surface area contributed by atoms with Gasteiger partial charge in [-0.1, -0.05) is 18.2 Å². The van der Waals surface area contributed by atoms with Crippen LogP contribution >= 0.6 is 0 Å². The van der Waals surface area contributed by atoms with Gasteiger partial charge < -0.3 is 4.74 Å². The van der Waals surface area contributed by atoms with Crippen LogP contribution in [-0.2, 0) is 9.59 Å². The Balaban J connectivity index is 2.18. The Morgan fingerprint density at radius 3 is 2.58 bits per heavy atom. The molecule has 1 aromatic carbocycles. The number of aromatic nitrogens is 1. The number of piperidine rings is 1. The summed E-state index contributed by atoms with van der Waals surface area (Å²) in [5.41, 5.74) is 0.831. The monoisotopic (exact) mass is 322 g/mol. The van der Waals surface area contributed by atoms with E-state index in [2.05, 4.69) is 11.2 Å². The standard InChI is InChI=1S/C18H15N3O3/c1-24-13-7-5-6-12(10-13)15-14(11-19)17(22)20-18(23)16(15)21-8-3-2-4-9-21/h2-10,15-16,19H,1H3/p+1. The van der Waals surface area contributed by atoms with Gasteiger partial charge in [0.1, 0.15) is 5.75 Å². The zero-order valence-corrected chi connectivity index (χ0v) is 13.0. The van der Waals surface area contributed by atoms with Gasteiger partial charge in [-0.15, -0.1) is 0 Å². The fourth-order valence-corrected chi connectivity index (χ4v) is 2.93. The predicted molar refractivity (Wildman–Crippen MR) is 85.8 cm³/mol. The molecule has 2 atom stereocenters. The zero-order valence-electron chi connectivity index (χ0n) is 13.0. The maximum Gasteiger partial charge on any atom is 0.296 e. The molecule has 3 rings (SSSR count). The van der Waals surface area contributed by atoms with Crippen LogP contribution in [0.15, 0.2) is 60.4 Å². The summed E-state index contributed by atoms with van der Waals surface area (Å²) in [5.74, 6) is 1.21. The van der Waals surface area contributed by atoms with E-state index in [-0.39, 0.29) is 5.57 Å². The minimum atomic E-state index is -0.691. The molecule has 1 fully saturated rings. The van der Waals surface area contributed by atoms with Crippen LogP contribution in [0.5, 0.6) is 5.75 Å². The van der Waals surface area contributed by atoms with E-state index < -0.39 is 23.8 Å². The number of imide groups is 1. The van der Waals surface area contributed by atoms with E-state index in [1.807, 2.05) is 12.1 Å². The maximum absolute atomic E-state index is 12.5. The normalized spacial score (nSPS) is 20.3. The summed E-state index contributed by atoms with van der Waals surface area (Å²) in [5, 5.41) is 9.83. The van der Waals surface area contributed by atoms with Gasteiger partial charge in [-0.25, -0.2) is 0 Å². The van der Waals surface area contributed by atoms with Crippen molar-refractivity contribution < 1.29 is 18.9 Å². The Morgan fingerprint density at radius 2 is 1.92 bits per heavy atom. The number of carbonyl (C=O) groups is 2. The summed E-state index contributed by atoms with van der Waals surface area (Å²) in [6, 6.07) is 11.9. The molecule has 2 N–H and O–H groups in total. The van der Waals surface area contributed by atoms with E-state index in [4.69, 9.17) is 10.1 Å². The summed E-state index contributed by atoms with van der Waals surface area (Å²) >= 11 is 0. The van der Waals surface area contributed by atoms with Gasteiger partial charge in [0.2, 0.25) is 6.04 Å². The molecule has 24 heavy (non-hydrogen) atoms. The van der Waals surface area contributed by atoms with Crippen LogP contribution in [-0.4, -0.2) is 24.8 Å². The molecule has 0 saturated carbocycles. The minimum absolute atomic E-state index is 0.115. The van der Waals surface area contributed by atoms with Crippen molar-refractivity contribution >= 4 is 17.7 Å². The molecule has 0 bridgehead atoms. The molecule has 0 aliphatic carbocycles. The lowest BCUT2D eigenvalue weighted by molar-refractivity contribution is -0.711. The number of rotatable bonds is 3. The summed E-state index contributed by atoms with van der Waals surface area (Å²) in [4.78, 5) is 24.7. The van der Waals surface area contributed by atoms with Gasteiger partial charge in [0, 0.05) is 12.1 Å². The fraction of sp³-hybridized carbons (Fsp3) is 0.167. The van der Waals surface area contributed by atoms with Crippen LogP contribution < -0.4 is 14.6 Å². The van der Waals surface area contributed by atoms with E-state index >= 15 is 0 Å². The largest absolute Gasteiger partial charge is 0.497 e. The van der Waals surface area contributed by atoms with E-state index in [0.717, 1.165) is 0 Å². The molecule has 1 aromatic heterocycles. The highest BCUT2D eigenvalue weighted by molar-refractivity contribution is 6.13. The lowest BCUT2D eigenvalue weighted by Gasteiger charge is -2.27. The van der Waals surface area contributed by atoms with Crippen molar-refractivity contribution in [2.75, 3.05) is 7.11 Å². The number of pyridine rings is 1. The third kappa shape index (κ3) is 2.71. The van der Waals surface area contributed by atoms with Crippen molar-refractivity contribution in [1.82, 2.24) is 5.32 Å². The number of hydrogen-bond donors (Lipinski definition) is 2. The van der Waals surface area contributed by atoms with Crippen molar-refractivity contribution in [3.05, 3.63) is 66.0 Å². The average molecular weight is 322 g/mol. The first-order valence-electron chi connectivity index (χ1n) is 7.40. The summed E-state index contributed by atoms with van der Waals surface area (Å²) in [6.07, 6.45) is 3.52. The van der Waals surface area contributed by atoms with Crippen molar-refractivity contribution in [3.63, 3.8) is 0 Å². The topological polar surface area (TPSA) is 83.1 Å². The van der Waals surface area contributed by atoms with Crippen LogP contribution in [0.2, 0.25) is 0 Å². The quantitative estimate of drug-likeness (QED) is 0.385. The van der Waals surface area contributed by atoms with Gasteiger partial charge in [-0.2, -0.15) is 4.57 Å². The first kappa shape index (κ1) is 15.6. The van der Waals surface area contributed by atoms with E-state index in [0.29, 0.717) is 11.3 Å². The van der Waals surface area contributed by atoms with Gasteiger partial charge in [0.05, 0.1) is 18.6 Å². The van der Waals surface area contributed by atoms with Crippen molar-refractivity contribution in [3.8, 4) is 5.75 Å². The molecular weight excluding hydrogens is 306 g/mol. The number of nitrogens with zero attached hydrogens (tertiary/aromatic N) is 1. The Kier molecular flexibility index (Phi) is 4.22. The first-order valence-corrected chi connectivity index (χ1v) is 7.40. The highest BCUT2D eigenvalue weighted by atomic mass is 16.5. The molecule has 6 heteroatoms. The smallest absolute Gasteiger partial charge is 0.296 e. The van der Waals surface area contributed by atoms with Crippen molar-refractivity contribution in [2.45, 2.75) is 12.0 Å². The fourth-order valence-electron chi connectivity index (χ4n) is 2.93. The molecule has 6 nitrogen and oxygen atoms in total. The number of hydrogen-bond acceptors (Lipinski definition) is 4. The Morgan fingerprint density at radius 1 is 1.17 bits per heavy atom. The first-order chi connectivity index (χ1) is 11.7. The average Bonchev–Trinajstić information content (AvgIpc) is 2.62. The van der Waals surface area contributed by atoms with Crippen LogP contribution in [0.1, 0.15) is 17.5 Å². The third-order valence-electron chi connectivity index (χ3n) is 4.02. The van der Waals surface area contributed by atoms with Gasteiger partial charge in [-0.05, 0) is 23.6 Å². The second-order valence-electron chi connectivity index (χ2n) is 5.38. The lowest BCUT2D eigenvalue weighted by atomic mass is 9.81. The maximum atomic E-state index is 12.5. The summed E-state index contributed by atoms with van der Waals surface area (Å²) < 4.78 is 6.97. The second-order valence-corrected chi connectivity index (χ2v) is 5.38. The number of methoxy groups -OCH3 is 1. The van der Waals surface area contributed by atoms with E-state index in [1.165, 1.54) is 0 Å². The van der Waals surface area contributed by atoms with Crippen LogP contribution in [0.4, 0.5) is 0 Å². The molecule has 2 heterocycles. The van der Waals surface area contributed by atoms with Crippen LogP contribution in [0.3, 0.4) is 0 Å². The molecule has 120 valence electrons. The molecule has 2 aromatic rings. The van der Waals surface area contributed by atoms with Crippen molar-refractivity contribution in [1.29, 1.82) is 5.41 Å². The van der Waals surface area contributed by atoms with Crippen molar-refractivity contribution in [2.24, 2.45) is 0 Å². The Hall–Kier alpha value is -3.24. The molecule has 2 amide bonds.